The van der Waals surface area contributed by atoms with Crippen molar-refractivity contribution in [1.82, 2.24) is 15.3 Å². The maximum Gasteiger partial charge on any atom is 0.251 e. The van der Waals surface area contributed by atoms with E-state index in [1.165, 1.54) is 0 Å². The van der Waals surface area contributed by atoms with Crippen LogP contribution in [0.4, 0.5) is 11.5 Å². The first kappa shape index (κ1) is 17.4. The van der Waals surface area contributed by atoms with Gasteiger partial charge in [0.1, 0.15) is 11.6 Å². The van der Waals surface area contributed by atoms with E-state index >= 15 is 0 Å². The minimum Gasteiger partial charge on any atom is -0.497 e. The summed E-state index contributed by atoms with van der Waals surface area (Å²) in [5.74, 6) is 1.29. The SMILES string of the molecule is COc1ccc(CCNC(=O)c2ccnc(Nc3cccnc3)c2)cc1. The number of aromatic nitrogens is 2. The van der Waals surface area contributed by atoms with Crippen LogP contribution in [0, 0.1) is 0 Å². The molecule has 132 valence electrons. The molecular weight excluding hydrogens is 328 g/mol. The quantitative estimate of drug-likeness (QED) is 0.686. The van der Waals surface area contributed by atoms with Crippen molar-refractivity contribution in [2.45, 2.75) is 6.42 Å². The molecule has 2 aromatic heterocycles. The molecule has 6 nitrogen and oxygen atoms in total. The van der Waals surface area contributed by atoms with Gasteiger partial charge in [0.25, 0.3) is 5.91 Å². The zero-order valence-corrected chi connectivity index (χ0v) is 14.5. The van der Waals surface area contributed by atoms with Gasteiger partial charge in [-0.25, -0.2) is 4.98 Å². The van der Waals surface area contributed by atoms with Crippen LogP contribution < -0.4 is 15.4 Å². The molecule has 0 aliphatic carbocycles. The predicted molar refractivity (Wildman–Crippen MR) is 101 cm³/mol. The molecule has 0 radical (unpaired) electrons. The van der Waals surface area contributed by atoms with Gasteiger partial charge in [-0.2, -0.15) is 0 Å². The number of anilines is 2. The number of hydrogen-bond donors (Lipinski definition) is 2. The normalized spacial score (nSPS) is 10.2. The van der Waals surface area contributed by atoms with E-state index in [4.69, 9.17) is 4.74 Å². The van der Waals surface area contributed by atoms with Crippen LogP contribution in [0.2, 0.25) is 0 Å². The van der Waals surface area contributed by atoms with E-state index in [0.717, 1.165) is 23.4 Å². The van der Waals surface area contributed by atoms with Crippen molar-refractivity contribution in [3.63, 3.8) is 0 Å². The summed E-state index contributed by atoms with van der Waals surface area (Å²) in [6, 6.07) is 14.9. The average molecular weight is 348 g/mol. The fraction of sp³-hybridized carbons (Fsp3) is 0.150. The number of methoxy groups -OCH3 is 1. The highest BCUT2D eigenvalue weighted by Gasteiger charge is 2.07. The lowest BCUT2D eigenvalue weighted by atomic mass is 10.1. The third-order valence-corrected chi connectivity index (χ3v) is 3.81. The van der Waals surface area contributed by atoms with Crippen LogP contribution in [-0.2, 0) is 6.42 Å². The largest absolute Gasteiger partial charge is 0.497 e. The van der Waals surface area contributed by atoms with E-state index in [9.17, 15) is 4.79 Å². The molecule has 2 heterocycles. The van der Waals surface area contributed by atoms with Crippen molar-refractivity contribution in [2.75, 3.05) is 19.0 Å². The van der Waals surface area contributed by atoms with E-state index < -0.39 is 0 Å². The van der Waals surface area contributed by atoms with Crippen LogP contribution in [0.1, 0.15) is 15.9 Å². The maximum atomic E-state index is 12.3. The summed E-state index contributed by atoms with van der Waals surface area (Å²) in [6.45, 7) is 0.554. The number of pyridine rings is 2. The van der Waals surface area contributed by atoms with Crippen LogP contribution >= 0.6 is 0 Å². The Bertz CT molecular complexity index is 851. The minimum absolute atomic E-state index is 0.129. The molecule has 6 heteroatoms. The highest BCUT2D eigenvalue weighted by molar-refractivity contribution is 5.94. The smallest absolute Gasteiger partial charge is 0.251 e. The summed E-state index contributed by atoms with van der Waals surface area (Å²) in [4.78, 5) is 20.6. The van der Waals surface area contributed by atoms with Gasteiger partial charge in [-0.15, -0.1) is 0 Å². The van der Waals surface area contributed by atoms with E-state index in [1.54, 1.807) is 37.8 Å². The van der Waals surface area contributed by atoms with Gasteiger partial charge in [0.15, 0.2) is 0 Å². The second-order valence-electron chi connectivity index (χ2n) is 5.65. The highest BCUT2D eigenvalue weighted by Crippen LogP contribution is 2.14. The Hall–Kier alpha value is -3.41. The fourth-order valence-corrected chi connectivity index (χ4v) is 2.44. The number of ether oxygens (including phenoxy) is 1. The molecule has 0 bridgehead atoms. The van der Waals surface area contributed by atoms with Crippen LogP contribution in [0.25, 0.3) is 0 Å². The van der Waals surface area contributed by atoms with Crippen LogP contribution in [0.15, 0.2) is 67.1 Å². The van der Waals surface area contributed by atoms with Crippen molar-refractivity contribution in [3.05, 3.63) is 78.2 Å². The first-order chi connectivity index (χ1) is 12.7. The number of hydrogen-bond acceptors (Lipinski definition) is 5. The molecule has 1 aromatic carbocycles. The average Bonchev–Trinajstić information content (AvgIpc) is 2.69. The molecule has 26 heavy (non-hydrogen) atoms. The summed E-state index contributed by atoms with van der Waals surface area (Å²) < 4.78 is 5.14. The predicted octanol–water partition coefficient (Wildman–Crippen LogP) is 3.20. The Morgan fingerprint density at radius 2 is 1.96 bits per heavy atom. The number of amides is 1. The standard InChI is InChI=1S/C20H20N4O2/c1-26-18-6-4-15(5-7-18)8-11-23-20(25)16-9-12-22-19(13-16)24-17-3-2-10-21-14-17/h2-7,9-10,12-14H,8,11H2,1H3,(H,22,24)(H,23,25). The summed E-state index contributed by atoms with van der Waals surface area (Å²) in [7, 11) is 1.64. The summed E-state index contributed by atoms with van der Waals surface area (Å²) >= 11 is 0. The molecule has 0 spiro atoms. The monoisotopic (exact) mass is 348 g/mol. The van der Waals surface area contributed by atoms with Gasteiger partial charge in [0, 0.05) is 24.5 Å². The molecule has 0 unspecified atom stereocenters. The lowest BCUT2D eigenvalue weighted by Gasteiger charge is -2.08. The Morgan fingerprint density at radius 1 is 1.12 bits per heavy atom. The third kappa shape index (κ3) is 4.80. The number of nitrogens with one attached hydrogen (secondary N) is 2. The zero-order valence-electron chi connectivity index (χ0n) is 14.5. The molecule has 0 aliphatic heterocycles. The molecule has 2 N–H and O–H groups in total. The summed E-state index contributed by atoms with van der Waals surface area (Å²) in [5, 5.41) is 6.06. The molecule has 0 atom stereocenters. The second-order valence-corrected chi connectivity index (χ2v) is 5.65. The van der Waals surface area contributed by atoms with Gasteiger partial charge in [-0.05, 0) is 48.4 Å². The van der Waals surface area contributed by atoms with Gasteiger partial charge in [-0.1, -0.05) is 12.1 Å². The third-order valence-electron chi connectivity index (χ3n) is 3.81. The van der Waals surface area contributed by atoms with Gasteiger partial charge in [0.2, 0.25) is 0 Å². The van der Waals surface area contributed by atoms with E-state index in [0.29, 0.717) is 17.9 Å². The molecule has 3 aromatic rings. The Labute approximate surface area is 152 Å². The highest BCUT2D eigenvalue weighted by atomic mass is 16.5. The van der Waals surface area contributed by atoms with E-state index in [2.05, 4.69) is 20.6 Å². The van der Waals surface area contributed by atoms with E-state index in [1.807, 2.05) is 36.4 Å². The Morgan fingerprint density at radius 3 is 2.69 bits per heavy atom. The van der Waals surface area contributed by atoms with Crippen LogP contribution in [0.5, 0.6) is 5.75 Å². The number of nitrogens with zero attached hydrogens (tertiary/aromatic N) is 2. The first-order valence-electron chi connectivity index (χ1n) is 8.29. The van der Waals surface area contributed by atoms with Gasteiger partial charge in [-0.3, -0.25) is 9.78 Å². The van der Waals surface area contributed by atoms with E-state index in [-0.39, 0.29) is 5.91 Å². The molecule has 3 rings (SSSR count). The summed E-state index contributed by atoms with van der Waals surface area (Å²) in [5.41, 5.74) is 2.51. The van der Waals surface area contributed by atoms with Crippen molar-refractivity contribution in [3.8, 4) is 5.75 Å². The van der Waals surface area contributed by atoms with Crippen molar-refractivity contribution < 1.29 is 9.53 Å². The molecule has 0 aliphatic rings. The molecule has 0 fully saturated rings. The van der Waals surface area contributed by atoms with Crippen LogP contribution in [-0.4, -0.2) is 29.5 Å². The lowest BCUT2D eigenvalue weighted by molar-refractivity contribution is 0.0954. The van der Waals surface area contributed by atoms with Crippen molar-refractivity contribution >= 4 is 17.4 Å². The number of carbonyl (C=O) groups is 1. The van der Waals surface area contributed by atoms with Crippen molar-refractivity contribution in [2.24, 2.45) is 0 Å². The first-order valence-corrected chi connectivity index (χ1v) is 8.29. The fourth-order valence-electron chi connectivity index (χ4n) is 2.44. The number of carbonyl (C=O) groups excluding carboxylic acids is 1. The maximum absolute atomic E-state index is 12.3. The van der Waals surface area contributed by atoms with Gasteiger partial charge in [0.05, 0.1) is 19.0 Å². The number of benzene rings is 1. The minimum atomic E-state index is -0.129. The summed E-state index contributed by atoms with van der Waals surface area (Å²) in [6.07, 6.45) is 5.76. The second kappa shape index (κ2) is 8.62. The topological polar surface area (TPSA) is 76.1 Å². The zero-order chi connectivity index (χ0) is 18.2. The number of rotatable bonds is 7. The van der Waals surface area contributed by atoms with Gasteiger partial charge < -0.3 is 15.4 Å². The Kier molecular flexibility index (Phi) is 5.77. The van der Waals surface area contributed by atoms with Gasteiger partial charge >= 0.3 is 0 Å². The van der Waals surface area contributed by atoms with Crippen LogP contribution in [0.3, 0.4) is 0 Å². The molecule has 1 amide bonds. The van der Waals surface area contributed by atoms with Crippen molar-refractivity contribution in [1.29, 1.82) is 0 Å². The molecule has 0 saturated heterocycles. The Balaban J connectivity index is 1.55. The molecular formula is C20H20N4O2. The lowest BCUT2D eigenvalue weighted by Crippen LogP contribution is -2.25. The molecule has 0 saturated carbocycles.